The topological polar surface area (TPSA) is 66.9 Å². The zero-order valence-corrected chi connectivity index (χ0v) is 15.2. The van der Waals surface area contributed by atoms with E-state index < -0.39 is 0 Å². The summed E-state index contributed by atoms with van der Waals surface area (Å²) in [4.78, 5) is 22.9. The number of fused-ring (bicyclic) bond motifs is 3. The molecule has 2 aromatic rings. The summed E-state index contributed by atoms with van der Waals surface area (Å²) in [5, 5.41) is 8.33. The molecule has 23 heavy (non-hydrogen) atoms. The van der Waals surface area contributed by atoms with E-state index in [-0.39, 0.29) is 5.91 Å². The molecule has 124 valence electrons. The van der Waals surface area contributed by atoms with Crippen LogP contribution in [0.1, 0.15) is 36.6 Å². The minimum atomic E-state index is 0.0194. The molecule has 2 aromatic heterocycles. The fourth-order valence-electron chi connectivity index (χ4n) is 2.92. The summed E-state index contributed by atoms with van der Waals surface area (Å²) in [6.45, 7) is 3.03. The average Bonchev–Trinajstić information content (AvgIpc) is 2.92. The molecular weight excluding hydrogens is 328 g/mol. The molecule has 7 heteroatoms. The predicted molar refractivity (Wildman–Crippen MR) is 97.6 cm³/mol. The van der Waals surface area contributed by atoms with E-state index in [1.165, 1.54) is 35.1 Å². The number of thioether (sulfide) groups is 1. The Morgan fingerprint density at radius 1 is 1.26 bits per heavy atom. The maximum atomic E-state index is 10.9. The lowest BCUT2D eigenvalue weighted by Crippen LogP contribution is -2.22. The lowest BCUT2D eigenvalue weighted by Gasteiger charge is -2.13. The van der Waals surface area contributed by atoms with Crippen LogP contribution in [0.5, 0.6) is 0 Å². The number of carbonyl (C=O) groups excluding carboxylic acids is 1. The Morgan fingerprint density at radius 2 is 2.09 bits per heavy atom. The molecule has 0 saturated heterocycles. The second-order valence-electron chi connectivity index (χ2n) is 5.71. The maximum Gasteiger partial charge on any atom is 0.216 e. The van der Waals surface area contributed by atoms with Crippen LogP contribution in [0.4, 0.5) is 5.82 Å². The molecule has 5 nitrogen and oxygen atoms in total. The van der Waals surface area contributed by atoms with Crippen molar-refractivity contribution in [1.29, 1.82) is 0 Å². The number of carbonyl (C=O) groups is 1. The lowest BCUT2D eigenvalue weighted by molar-refractivity contribution is -0.118. The first kappa shape index (κ1) is 16.5. The van der Waals surface area contributed by atoms with Crippen molar-refractivity contribution < 1.29 is 4.79 Å². The second-order valence-corrected chi connectivity index (χ2v) is 7.57. The fourth-order valence-corrected chi connectivity index (χ4v) is 4.60. The van der Waals surface area contributed by atoms with E-state index in [2.05, 4.69) is 10.6 Å². The van der Waals surface area contributed by atoms with Crippen molar-refractivity contribution >= 4 is 45.0 Å². The smallest absolute Gasteiger partial charge is 0.216 e. The number of nitrogens with one attached hydrogen (secondary N) is 2. The van der Waals surface area contributed by atoms with Gasteiger partial charge in [0.2, 0.25) is 5.91 Å². The van der Waals surface area contributed by atoms with Crippen LogP contribution in [0, 0.1) is 0 Å². The normalized spacial score (nSPS) is 13.8. The van der Waals surface area contributed by atoms with Gasteiger partial charge in [-0.25, -0.2) is 9.97 Å². The maximum absolute atomic E-state index is 10.9. The van der Waals surface area contributed by atoms with Crippen LogP contribution in [0.15, 0.2) is 5.16 Å². The number of amides is 1. The summed E-state index contributed by atoms with van der Waals surface area (Å²) >= 11 is 3.41. The minimum absolute atomic E-state index is 0.0194. The number of nitrogens with zero attached hydrogens (tertiary/aromatic N) is 2. The van der Waals surface area contributed by atoms with Gasteiger partial charge >= 0.3 is 0 Å². The van der Waals surface area contributed by atoms with E-state index in [1.807, 2.05) is 17.6 Å². The lowest BCUT2D eigenvalue weighted by atomic mass is 9.97. The molecule has 3 rings (SSSR count). The van der Waals surface area contributed by atoms with Gasteiger partial charge in [0, 0.05) is 24.9 Å². The highest BCUT2D eigenvalue weighted by Crippen LogP contribution is 2.39. The number of rotatable bonds is 6. The van der Waals surface area contributed by atoms with Gasteiger partial charge in [0.25, 0.3) is 0 Å². The molecule has 1 aliphatic rings. The van der Waals surface area contributed by atoms with E-state index in [9.17, 15) is 4.79 Å². The SMILES string of the molecule is CSc1nc(NCCCNC(C)=O)c2c3c(sc2n1)CCCC3. The molecule has 2 heterocycles. The molecule has 0 aliphatic heterocycles. The third kappa shape index (κ3) is 3.77. The van der Waals surface area contributed by atoms with Crippen LogP contribution in [-0.4, -0.2) is 35.2 Å². The number of aromatic nitrogens is 2. The molecule has 0 aromatic carbocycles. The van der Waals surface area contributed by atoms with Crippen LogP contribution in [-0.2, 0) is 17.6 Å². The number of thiophene rings is 1. The molecule has 1 aliphatic carbocycles. The summed E-state index contributed by atoms with van der Waals surface area (Å²) < 4.78 is 0. The Bertz CT molecular complexity index is 714. The fraction of sp³-hybridized carbons (Fsp3) is 0.562. The van der Waals surface area contributed by atoms with Crippen LogP contribution in [0.25, 0.3) is 10.2 Å². The first-order valence-electron chi connectivity index (χ1n) is 8.03. The Labute approximate surface area is 144 Å². The van der Waals surface area contributed by atoms with Gasteiger partial charge in [-0.05, 0) is 43.9 Å². The number of hydrogen-bond acceptors (Lipinski definition) is 6. The first-order valence-corrected chi connectivity index (χ1v) is 10.1. The summed E-state index contributed by atoms with van der Waals surface area (Å²) in [6, 6.07) is 0. The van der Waals surface area contributed by atoms with Crippen molar-refractivity contribution in [1.82, 2.24) is 15.3 Å². The van der Waals surface area contributed by atoms with Crippen LogP contribution >= 0.6 is 23.1 Å². The van der Waals surface area contributed by atoms with Gasteiger partial charge in [0.1, 0.15) is 10.6 Å². The Morgan fingerprint density at radius 3 is 2.87 bits per heavy atom. The van der Waals surface area contributed by atoms with E-state index in [4.69, 9.17) is 9.97 Å². The van der Waals surface area contributed by atoms with Crippen molar-refractivity contribution in [3.8, 4) is 0 Å². The van der Waals surface area contributed by atoms with Crippen molar-refractivity contribution in [2.24, 2.45) is 0 Å². The Balaban J connectivity index is 1.82. The van der Waals surface area contributed by atoms with Crippen molar-refractivity contribution in [2.75, 3.05) is 24.7 Å². The van der Waals surface area contributed by atoms with E-state index >= 15 is 0 Å². The molecule has 0 bridgehead atoms. The summed E-state index contributed by atoms with van der Waals surface area (Å²) in [6.07, 6.45) is 7.74. The third-order valence-corrected chi connectivity index (χ3v) is 5.73. The largest absolute Gasteiger partial charge is 0.369 e. The summed E-state index contributed by atoms with van der Waals surface area (Å²) in [5.74, 6) is 0.979. The molecule has 0 fully saturated rings. The highest BCUT2D eigenvalue weighted by atomic mass is 32.2. The van der Waals surface area contributed by atoms with Crippen LogP contribution in [0.2, 0.25) is 0 Å². The predicted octanol–water partition coefficient (Wildman–Crippen LogP) is 3.23. The standard InChI is InChI=1S/C16H22N4OS2/c1-10(21)17-8-5-9-18-14-13-11-6-3-4-7-12(11)23-15(13)20-16(19-14)22-2/h3-9H2,1-2H3,(H,17,21)(H,18,19,20). The highest BCUT2D eigenvalue weighted by molar-refractivity contribution is 7.98. The van der Waals surface area contributed by atoms with Gasteiger partial charge in [-0.3, -0.25) is 4.79 Å². The second kappa shape index (κ2) is 7.49. The van der Waals surface area contributed by atoms with E-state index in [0.29, 0.717) is 6.54 Å². The third-order valence-electron chi connectivity index (χ3n) is 4.00. The number of hydrogen-bond donors (Lipinski definition) is 2. The molecular formula is C16H22N4OS2. The van der Waals surface area contributed by atoms with Gasteiger partial charge in [0.15, 0.2) is 5.16 Å². The summed E-state index contributed by atoms with van der Waals surface area (Å²) in [5.41, 5.74) is 1.45. The zero-order chi connectivity index (χ0) is 16.2. The van der Waals surface area contributed by atoms with Crippen LogP contribution < -0.4 is 10.6 Å². The van der Waals surface area contributed by atoms with Crippen LogP contribution in [0.3, 0.4) is 0 Å². The molecule has 1 amide bonds. The molecule has 0 atom stereocenters. The molecule has 2 N–H and O–H groups in total. The van der Waals surface area contributed by atoms with Crippen molar-refractivity contribution in [2.45, 2.75) is 44.2 Å². The van der Waals surface area contributed by atoms with Gasteiger partial charge < -0.3 is 10.6 Å². The molecule has 0 spiro atoms. The van der Waals surface area contributed by atoms with Gasteiger partial charge in [-0.2, -0.15) is 0 Å². The summed E-state index contributed by atoms with van der Waals surface area (Å²) in [7, 11) is 0. The van der Waals surface area contributed by atoms with Gasteiger partial charge in [0.05, 0.1) is 5.39 Å². The molecule has 0 saturated carbocycles. The Hall–Kier alpha value is -1.34. The zero-order valence-electron chi connectivity index (χ0n) is 13.6. The van der Waals surface area contributed by atoms with E-state index in [0.717, 1.165) is 35.2 Å². The Kier molecular flexibility index (Phi) is 5.38. The average molecular weight is 351 g/mol. The number of aryl methyl sites for hydroxylation is 2. The van der Waals surface area contributed by atoms with Gasteiger partial charge in [-0.1, -0.05) is 11.8 Å². The molecule has 0 radical (unpaired) electrons. The first-order chi connectivity index (χ1) is 11.2. The minimum Gasteiger partial charge on any atom is -0.369 e. The quantitative estimate of drug-likeness (QED) is 0.476. The van der Waals surface area contributed by atoms with Crippen molar-refractivity contribution in [3.05, 3.63) is 10.4 Å². The molecule has 0 unspecified atom stereocenters. The van der Waals surface area contributed by atoms with Gasteiger partial charge in [-0.15, -0.1) is 11.3 Å². The highest BCUT2D eigenvalue weighted by Gasteiger charge is 2.20. The van der Waals surface area contributed by atoms with E-state index in [1.54, 1.807) is 18.7 Å². The van der Waals surface area contributed by atoms with Crippen molar-refractivity contribution in [3.63, 3.8) is 0 Å². The monoisotopic (exact) mass is 350 g/mol. The number of anilines is 1.